The number of anilines is 1. The van der Waals surface area contributed by atoms with E-state index in [4.69, 9.17) is 4.74 Å². The number of hydrogen-bond donors (Lipinski definition) is 1. The summed E-state index contributed by atoms with van der Waals surface area (Å²) in [7, 11) is -3.41. The van der Waals surface area contributed by atoms with Gasteiger partial charge in [0.1, 0.15) is 12.4 Å². The Kier molecular flexibility index (Phi) is 8.08. The summed E-state index contributed by atoms with van der Waals surface area (Å²) in [6.07, 6.45) is 1.85. The average molecular weight is 419 g/mol. The third-order valence-electron chi connectivity index (χ3n) is 4.42. The molecule has 158 valence electrons. The molecule has 0 aliphatic rings. The number of nitrogens with zero attached hydrogens (tertiary/aromatic N) is 1. The molecule has 1 atom stereocenters. The Labute approximate surface area is 173 Å². The summed E-state index contributed by atoms with van der Waals surface area (Å²) in [5.41, 5.74) is 2.83. The molecule has 0 fully saturated rings. The van der Waals surface area contributed by atoms with E-state index in [1.165, 1.54) is 10.6 Å². The van der Waals surface area contributed by atoms with Gasteiger partial charge in [0.2, 0.25) is 15.9 Å². The zero-order valence-electron chi connectivity index (χ0n) is 17.5. The van der Waals surface area contributed by atoms with Crippen LogP contribution in [0.4, 0.5) is 5.69 Å². The summed E-state index contributed by atoms with van der Waals surface area (Å²) in [6.45, 7) is 6.46. The quantitative estimate of drug-likeness (QED) is 0.641. The summed E-state index contributed by atoms with van der Waals surface area (Å²) >= 11 is 0. The number of hydrogen-bond acceptors (Lipinski definition) is 4. The molecule has 1 amide bonds. The van der Waals surface area contributed by atoms with Gasteiger partial charge in [-0.3, -0.25) is 9.10 Å². The van der Waals surface area contributed by atoms with Gasteiger partial charge in [0.15, 0.2) is 0 Å². The predicted octanol–water partition coefficient (Wildman–Crippen LogP) is 3.43. The summed E-state index contributed by atoms with van der Waals surface area (Å²) in [5, 5.41) is 2.89. The molecule has 0 aliphatic heterocycles. The number of sulfonamides is 1. The Balaban J connectivity index is 1.79. The third kappa shape index (κ3) is 7.77. The number of ether oxygens (including phenoxy) is 1. The molecule has 2 rings (SSSR count). The van der Waals surface area contributed by atoms with Crippen LogP contribution in [-0.4, -0.2) is 39.8 Å². The highest BCUT2D eigenvalue weighted by Crippen LogP contribution is 2.19. The molecule has 0 spiro atoms. The first kappa shape index (κ1) is 22.7. The lowest BCUT2D eigenvalue weighted by Gasteiger charge is -2.22. The van der Waals surface area contributed by atoms with Crippen molar-refractivity contribution in [1.29, 1.82) is 0 Å². The molecule has 2 aromatic rings. The topological polar surface area (TPSA) is 75.7 Å². The standard InChI is InChI=1S/C22H30N2O4S/c1-17-7-11-20(12-8-17)24(29(4,26)27)15-5-6-22(25)23-19(3)16-28-21-13-9-18(2)10-14-21/h7-14,19H,5-6,15-16H2,1-4H3,(H,23,25)/t19-/m0/s1. The fraction of sp³-hybridized carbons (Fsp3) is 0.409. The molecule has 29 heavy (non-hydrogen) atoms. The van der Waals surface area contributed by atoms with Crippen LogP contribution >= 0.6 is 0 Å². The van der Waals surface area contributed by atoms with Crippen molar-refractivity contribution in [2.45, 2.75) is 39.7 Å². The largest absolute Gasteiger partial charge is 0.491 e. The Morgan fingerprint density at radius 2 is 1.59 bits per heavy atom. The van der Waals surface area contributed by atoms with E-state index in [1.54, 1.807) is 12.1 Å². The fourth-order valence-electron chi connectivity index (χ4n) is 2.83. The van der Waals surface area contributed by atoms with Crippen molar-refractivity contribution in [3.05, 3.63) is 59.7 Å². The molecular formula is C22H30N2O4S. The molecule has 0 heterocycles. The summed E-state index contributed by atoms with van der Waals surface area (Å²) in [4.78, 5) is 12.2. The van der Waals surface area contributed by atoms with Crippen molar-refractivity contribution < 1.29 is 17.9 Å². The van der Waals surface area contributed by atoms with Crippen molar-refractivity contribution in [1.82, 2.24) is 5.32 Å². The monoisotopic (exact) mass is 418 g/mol. The maximum atomic E-state index is 12.2. The van der Waals surface area contributed by atoms with Gasteiger partial charge in [0.05, 0.1) is 18.0 Å². The van der Waals surface area contributed by atoms with E-state index in [9.17, 15) is 13.2 Å². The van der Waals surface area contributed by atoms with Crippen molar-refractivity contribution in [3.8, 4) is 5.75 Å². The van der Waals surface area contributed by atoms with Crippen LogP contribution in [-0.2, 0) is 14.8 Å². The molecule has 7 heteroatoms. The van der Waals surface area contributed by atoms with E-state index >= 15 is 0 Å². The summed E-state index contributed by atoms with van der Waals surface area (Å²) in [6, 6.07) is 14.9. The van der Waals surface area contributed by atoms with Crippen molar-refractivity contribution in [2.75, 3.05) is 23.7 Å². The van der Waals surface area contributed by atoms with Crippen LogP contribution in [0.25, 0.3) is 0 Å². The Morgan fingerprint density at radius 3 is 2.14 bits per heavy atom. The second kappa shape index (κ2) is 10.3. The van der Waals surface area contributed by atoms with Gasteiger partial charge in [-0.25, -0.2) is 8.42 Å². The first-order valence-electron chi connectivity index (χ1n) is 9.68. The minimum Gasteiger partial charge on any atom is -0.491 e. The zero-order chi connectivity index (χ0) is 21.4. The lowest BCUT2D eigenvalue weighted by molar-refractivity contribution is -0.121. The van der Waals surface area contributed by atoms with Crippen LogP contribution in [0.2, 0.25) is 0 Å². The van der Waals surface area contributed by atoms with E-state index in [-0.39, 0.29) is 24.9 Å². The van der Waals surface area contributed by atoms with Crippen LogP contribution in [0.5, 0.6) is 5.75 Å². The van der Waals surface area contributed by atoms with Crippen molar-refractivity contribution in [2.24, 2.45) is 0 Å². The Bertz CT molecular complexity index is 893. The van der Waals surface area contributed by atoms with Crippen LogP contribution in [0, 0.1) is 13.8 Å². The molecule has 1 N–H and O–H groups in total. The van der Waals surface area contributed by atoms with Gasteiger partial charge in [-0.15, -0.1) is 0 Å². The zero-order valence-corrected chi connectivity index (χ0v) is 18.3. The van der Waals surface area contributed by atoms with E-state index in [0.717, 1.165) is 16.9 Å². The summed E-state index contributed by atoms with van der Waals surface area (Å²) < 4.78 is 31.3. The maximum absolute atomic E-state index is 12.2. The number of carbonyl (C=O) groups is 1. The molecule has 0 aliphatic carbocycles. The van der Waals surface area contributed by atoms with Gasteiger partial charge >= 0.3 is 0 Å². The number of amides is 1. The molecule has 6 nitrogen and oxygen atoms in total. The molecule has 0 radical (unpaired) electrons. The van der Waals surface area contributed by atoms with Gasteiger partial charge in [-0.1, -0.05) is 35.4 Å². The number of benzene rings is 2. The first-order chi connectivity index (χ1) is 13.6. The van der Waals surface area contributed by atoms with Gasteiger partial charge in [-0.2, -0.15) is 0 Å². The number of nitrogens with one attached hydrogen (secondary N) is 1. The maximum Gasteiger partial charge on any atom is 0.232 e. The van der Waals surface area contributed by atoms with E-state index in [0.29, 0.717) is 18.7 Å². The van der Waals surface area contributed by atoms with Crippen LogP contribution in [0.15, 0.2) is 48.5 Å². The molecule has 0 saturated carbocycles. The second-order valence-electron chi connectivity index (χ2n) is 7.37. The first-order valence-corrected chi connectivity index (χ1v) is 11.5. The smallest absolute Gasteiger partial charge is 0.232 e. The Morgan fingerprint density at radius 1 is 1.03 bits per heavy atom. The van der Waals surface area contributed by atoms with Crippen molar-refractivity contribution in [3.63, 3.8) is 0 Å². The molecule has 0 bridgehead atoms. The van der Waals surface area contributed by atoms with Crippen LogP contribution in [0.1, 0.15) is 30.9 Å². The van der Waals surface area contributed by atoms with Gasteiger partial charge < -0.3 is 10.1 Å². The third-order valence-corrected chi connectivity index (χ3v) is 5.61. The van der Waals surface area contributed by atoms with E-state index in [1.807, 2.05) is 57.2 Å². The van der Waals surface area contributed by atoms with E-state index in [2.05, 4.69) is 5.32 Å². The summed E-state index contributed by atoms with van der Waals surface area (Å²) in [5.74, 6) is 0.640. The highest BCUT2D eigenvalue weighted by Gasteiger charge is 2.17. The Hall–Kier alpha value is -2.54. The lowest BCUT2D eigenvalue weighted by atomic mass is 10.2. The van der Waals surface area contributed by atoms with E-state index < -0.39 is 10.0 Å². The fourth-order valence-corrected chi connectivity index (χ4v) is 3.79. The highest BCUT2D eigenvalue weighted by atomic mass is 32.2. The normalized spacial score (nSPS) is 12.3. The average Bonchev–Trinajstić information content (AvgIpc) is 2.65. The van der Waals surface area contributed by atoms with Gasteiger partial charge in [-0.05, 0) is 51.5 Å². The number of carbonyl (C=O) groups excluding carboxylic acids is 1. The second-order valence-corrected chi connectivity index (χ2v) is 9.27. The number of aryl methyl sites for hydroxylation is 2. The van der Waals surface area contributed by atoms with Gasteiger partial charge in [0.25, 0.3) is 0 Å². The molecule has 2 aromatic carbocycles. The van der Waals surface area contributed by atoms with Gasteiger partial charge in [0, 0.05) is 13.0 Å². The number of rotatable bonds is 10. The molecule has 0 unspecified atom stereocenters. The van der Waals surface area contributed by atoms with Crippen LogP contribution < -0.4 is 14.4 Å². The minimum atomic E-state index is -3.41. The minimum absolute atomic E-state index is 0.123. The molecule has 0 aromatic heterocycles. The SMILES string of the molecule is Cc1ccc(OC[C@H](C)NC(=O)CCCN(c2ccc(C)cc2)S(C)(=O)=O)cc1. The molecular weight excluding hydrogens is 388 g/mol. The highest BCUT2D eigenvalue weighted by molar-refractivity contribution is 7.92. The van der Waals surface area contributed by atoms with Crippen LogP contribution in [0.3, 0.4) is 0 Å². The predicted molar refractivity (Wildman–Crippen MR) is 117 cm³/mol. The van der Waals surface area contributed by atoms with Crippen molar-refractivity contribution >= 4 is 21.6 Å². The molecule has 0 saturated heterocycles. The lowest BCUT2D eigenvalue weighted by Crippen LogP contribution is -2.37.